The second kappa shape index (κ2) is 46.2. The fourth-order valence-electron chi connectivity index (χ4n) is 6.58. The predicted octanol–water partition coefficient (Wildman–Crippen LogP) is 14.1. The molecule has 0 aliphatic carbocycles. The van der Waals surface area contributed by atoms with E-state index in [0.29, 0.717) is 6.42 Å². The van der Waals surface area contributed by atoms with Gasteiger partial charge in [0.05, 0.1) is 13.2 Å². The lowest BCUT2D eigenvalue weighted by Crippen LogP contribution is -2.27. The molecule has 0 aromatic rings. The fourth-order valence-corrected chi connectivity index (χ4v) is 7.34. The van der Waals surface area contributed by atoms with E-state index in [9.17, 15) is 24.2 Å². The van der Waals surface area contributed by atoms with Crippen LogP contribution in [-0.4, -0.2) is 54.3 Å². The molecule has 0 bridgehead atoms. The van der Waals surface area contributed by atoms with Gasteiger partial charge in [0.2, 0.25) is 5.91 Å². The van der Waals surface area contributed by atoms with Crippen LogP contribution in [0.4, 0.5) is 0 Å². The normalized spacial score (nSPS) is 13.7. The van der Waals surface area contributed by atoms with Crippen molar-refractivity contribution < 1.29 is 37.9 Å². The average molecular weight is 864 g/mol. The number of carbonyl (C=O) groups excluding carboxylic acids is 2. The molecule has 9 nitrogen and oxygen atoms in total. The lowest BCUT2D eigenvalue weighted by Gasteiger charge is -2.15. The van der Waals surface area contributed by atoms with Gasteiger partial charge >= 0.3 is 13.8 Å². The van der Waals surface area contributed by atoms with Gasteiger partial charge in [-0.15, -0.1) is 0 Å². The van der Waals surface area contributed by atoms with Crippen molar-refractivity contribution in [1.82, 2.24) is 5.32 Å². The van der Waals surface area contributed by atoms with Crippen LogP contribution in [0.3, 0.4) is 0 Å². The van der Waals surface area contributed by atoms with Gasteiger partial charge in [-0.3, -0.25) is 18.6 Å². The highest BCUT2D eigenvalue weighted by atomic mass is 31.2. The summed E-state index contributed by atoms with van der Waals surface area (Å²) < 4.78 is 26.9. The lowest BCUT2D eigenvalue weighted by molar-refractivity contribution is -0.147. The van der Waals surface area contributed by atoms with Crippen molar-refractivity contribution >= 4 is 19.7 Å². The molecule has 3 N–H and O–H groups in total. The van der Waals surface area contributed by atoms with Gasteiger partial charge in [0.1, 0.15) is 12.7 Å². The number of allylic oxidation sites excluding steroid dienone is 10. The smallest absolute Gasteiger partial charge is 0.463 e. The summed E-state index contributed by atoms with van der Waals surface area (Å²) in [7, 11) is -4.42. The Morgan fingerprint density at radius 2 is 0.950 bits per heavy atom. The molecule has 10 heteroatoms. The number of phosphoric ester groups is 1. The molecule has 0 aliphatic rings. The van der Waals surface area contributed by atoms with Gasteiger partial charge in [-0.25, -0.2) is 4.57 Å². The highest BCUT2D eigenvalue weighted by Gasteiger charge is 2.23. The molecule has 60 heavy (non-hydrogen) atoms. The number of phosphoric acid groups is 1. The number of rotatable bonds is 45. The van der Waals surface area contributed by atoms with Crippen molar-refractivity contribution in [3.8, 4) is 0 Å². The summed E-state index contributed by atoms with van der Waals surface area (Å²) >= 11 is 0. The molecule has 0 saturated heterocycles. The number of carbonyl (C=O) groups is 2. The SMILES string of the molecule is CC/C=C\C/C=C\C/C=C\C/C=C\C/C=C\CCCCCCCCCC(=O)OCC(O)COP(=O)(O)OCCNC(=O)CCCCCCCCCCCCCCCCCC. The van der Waals surface area contributed by atoms with Crippen molar-refractivity contribution in [2.75, 3.05) is 26.4 Å². The summed E-state index contributed by atoms with van der Waals surface area (Å²) in [5.41, 5.74) is 0. The Hall–Kier alpha value is -2.29. The molecular weight excluding hydrogens is 774 g/mol. The Morgan fingerprint density at radius 3 is 1.43 bits per heavy atom. The third-order valence-corrected chi connectivity index (χ3v) is 11.2. The largest absolute Gasteiger partial charge is 0.472 e. The summed E-state index contributed by atoms with van der Waals surface area (Å²) in [5.74, 6) is -0.525. The van der Waals surface area contributed by atoms with Gasteiger partial charge in [0.15, 0.2) is 0 Å². The van der Waals surface area contributed by atoms with Crippen molar-refractivity contribution in [3.63, 3.8) is 0 Å². The summed E-state index contributed by atoms with van der Waals surface area (Å²) in [6, 6.07) is 0. The van der Waals surface area contributed by atoms with Gasteiger partial charge in [0, 0.05) is 19.4 Å². The van der Waals surface area contributed by atoms with Crippen LogP contribution in [0.15, 0.2) is 60.8 Å². The fraction of sp³-hybridized carbons (Fsp3) is 0.760. The Bertz CT molecular complexity index is 1170. The lowest BCUT2D eigenvalue weighted by atomic mass is 10.0. The molecule has 1 amide bonds. The number of unbranched alkanes of at least 4 members (excludes halogenated alkanes) is 22. The van der Waals surface area contributed by atoms with Crippen molar-refractivity contribution in [2.45, 2.75) is 219 Å². The molecule has 2 unspecified atom stereocenters. The van der Waals surface area contributed by atoms with E-state index in [1.54, 1.807) is 0 Å². The Labute approximate surface area is 368 Å². The number of hydrogen-bond donors (Lipinski definition) is 3. The monoisotopic (exact) mass is 864 g/mol. The summed E-state index contributed by atoms with van der Waals surface area (Å²) in [4.78, 5) is 34.0. The molecule has 0 aliphatic heterocycles. The number of aliphatic hydroxyl groups is 1. The standard InChI is InChI=1S/C50H90NO8P/c1-3-5-7-9-11-13-15-17-19-21-22-23-24-25-26-27-29-31-33-35-37-39-41-43-50(54)57-46-48(52)47-59-60(55,56)58-45-44-51-49(53)42-40-38-36-34-32-30-28-20-18-16-14-12-10-8-6-4-2/h5,7,11,13,17,19,22-23,25-26,48,52H,3-4,6,8-10,12,14-16,18,20-21,24,27-47H2,1-2H3,(H,51,53)(H,55,56)/b7-5-,13-11-,19-17-,23-22-,26-25-. The number of aliphatic hydroxyl groups excluding tert-OH is 1. The van der Waals surface area contributed by atoms with Crippen LogP contribution < -0.4 is 5.32 Å². The third kappa shape index (κ3) is 46.8. The van der Waals surface area contributed by atoms with Gasteiger partial charge < -0.3 is 20.1 Å². The molecule has 2 atom stereocenters. The van der Waals surface area contributed by atoms with Gasteiger partial charge in [-0.1, -0.05) is 203 Å². The maximum atomic E-state index is 12.1. The van der Waals surface area contributed by atoms with Crippen LogP contribution in [0, 0.1) is 0 Å². The first-order valence-corrected chi connectivity index (χ1v) is 25.8. The Balaban J connectivity index is 3.60. The van der Waals surface area contributed by atoms with Crippen LogP contribution in [0.2, 0.25) is 0 Å². The number of esters is 1. The van der Waals surface area contributed by atoms with Gasteiger partial charge in [-0.2, -0.15) is 0 Å². The van der Waals surface area contributed by atoms with Crippen molar-refractivity contribution in [3.05, 3.63) is 60.8 Å². The van der Waals surface area contributed by atoms with E-state index < -0.39 is 26.5 Å². The van der Waals surface area contributed by atoms with Crippen LogP contribution >= 0.6 is 7.82 Å². The maximum absolute atomic E-state index is 12.1. The predicted molar refractivity (Wildman–Crippen MR) is 252 cm³/mol. The average Bonchev–Trinajstić information content (AvgIpc) is 3.23. The molecular formula is C50H90NO8P. The zero-order valence-corrected chi connectivity index (χ0v) is 39.3. The first-order valence-electron chi connectivity index (χ1n) is 24.3. The van der Waals surface area contributed by atoms with E-state index in [0.717, 1.165) is 83.5 Å². The third-order valence-electron chi connectivity index (χ3n) is 10.2. The first-order chi connectivity index (χ1) is 29.3. The van der Waals surface area contributed by atoms with Crippen LogP contribution in [0.5, 0.6) is 0 Å². The van der Waals surface area contributed by atoms with E-state index >= 15 is 0 Å². The molecule has 0 aromatic carbocycles. The van der Waals surface area contributed by atoms with Gasteiger partial charge in [-0.05, 0) is 57.8 Å². The number of amides is 1. The van der Waals surface area contributed by atoms with Gasteiger partial charge in [0.25, 0.3) is 0 Å². The summed E-state index contributed by atoms with van der Waals surface area (Å²) in [6.45, 7) is 3.45. The summed E-state index contributed by atoms with van der Waals surface area (Å²) in [5, 5.41) is 12.7. The van der Waals surface area contributed by atoms with Crippen molar-refractivity contribution in [2.24, 2.45) is 0 Å². The summed E-state index contributed by atoms with van der Waals surface area (Å²) in [6.07, 6.45) is 55.8. The number of nitrogens with one attached hydrogen (secondary N) is 1. The molecule has 348 valence electrons. The van der Waals surface area contributed by atoms with E-state index in [2.05, 4.69) is 79.9 Å². The van der Waals surface area contributed by atoms with E-state index in [-0.39, 0.29) is 32.1 Å². The zero-order valence-electron chi connectivity index (χ0n) is 38.4. The molecule has 0 spiro atoms. The maximum Gasteiger partial charge on any atom is 0.472 e. The van der Waals surface area contributed by atoms with Crippen LogP contribution in [0.25, 0.3) is 0 Å². The van der Waals surface area contributed by atoms with Crippen LogP contribution in [0.1, 0.15) is 213 Å². The highest BCUT2D eigenvalue weighted by Crippen LogP contribution is 2.42. The molecule has 0 fully saturated rings. The second-order valence-electron chi connectivity index (χ2n) is 16.1. The molecule has 0 aromatic heterocycles. The quantitative estimate of drug-likeness (QED) is 0.0239. The first kappa shape index (κ1) is 57.7. The Morgan fingerprint density at radius 1 is 0.533 bits per heavy atom. The van der Waals surface area contributed by atoms with Crippen LogP contribution in [-0.2, 0) is 27.9 Å². The molecule has 0 radical (unpaired) electrons. The number of hydrogen-bond acceptors (Lipinski definition) is 7. The number of ether oxygens (including phenoxy) is 1. The van der Waals surface area contributed by atoms with Crippen molar-refractivity contribution in [1.29, 1.82) is 0 Å². The zero-order chi connectivity index (χ0) is 43.9. The Kier molecular flexibility index (Phi) is 44.5. The minimum Gasteiger partial charge on any atom is -0.463 e. The minimum absolute atomic E-state index is 0.0809. The van der Waals surface area contributed by atoms with E-state index in [4.69, 9.17) is 13.8 Å². The minimum atomic E-state index is -4.42. The second-order valence-corrected chi connectivity index (χ2v) is 17.5. The molecule has 0 saturated carbocycles. The highest BCUT2D eigenvalue weighted by molar-refractivity contribution is 7.47. The molecule has 0 rings (SSSR count). The van der Waals surface area contributed by atoms with E-state index in [1.165, 1.54) is 103 Å². The van der Waals surface area contributed by atoms with E-state index in [1.807, 2.05) is 0 Å². The topological polar surface area (TPSA) is 131 Å². The molecule has 0 heterocycles.